The van der Waals surface area contributed by atoms with Crippen LogP contribution < -0.4 is 5.32 Å². The summed E-state index contributed by atoms with van der Waals surface area (Å²) < 4.78 is 39.0. The van der Waals surface area contributed by atoms with E-state index >= 15 is 0 Å². The predicted octanol–water partition coefficient (Wildman–Crippen LogP) is 4.82. The summed E-state index contributed by atoms with van der Waals surface area (Å²) in [5.74, 6) is -0.468. The Labute approximate surface area is 158 Å². The van der Waals surface area contributed by atoms with Crippen LogP contribution in [0.15, 0.2) is 47.4 Å². The summed E-state index contributed by atoms with van der Waals surface area (Å²) in [7, 11) is 0. The number of carbonyl (C=O) groups is 1. The number of anilines is 1. The van der Waals surface area contributed by atoms with Crippen LogP contribution in [0.1, 0.15) is 23.6 Å². The summed E-state index contributed by atoms with van der Waals surface area (Å²) in [4.78, 5) is 13.1. The Morgan fingerprint density at radius 1 is 1.15 bits per heavy atom. The van der Waals surface area contributed by atoms with E-state index < -0.39 is 29.1 Å². The van der Waals surface area contributed by atoms with E-state index in [0.717, 1.165) is 17.0 Å². The number of alkyl halides is 3. The van der Waals surface area contributed by atoms with Crippen LogP contribution in [0.25, 0.3) is 0 Å². The second-order valence-corrected chi connectivity index (χ2v) is 6.80. The third-order valence-electron chi connectivity index (χ3n) is 3.64. The van der Waals surface area contributed by atoms with Crippen molar-refractivity contribution < 1.29 is 18.0 Å². The number of benzene rings is 2. The van der Waals surface area contributed by atoms with Gasteiger partial charge in [0.2, 0.25) is 5.91 Å². The zero-order valence-electron chi connectivity index (χ0n) is 14.2. The molecule has 0 aliphatic rings. The number of nitrogens with one attached hydrogen (secondary N) is 1. The molecule has 0 radical (unpaired) electrons. The number of amides is 1. The van der Waals surface area contributed by atoms with Gasteiger partial charge in [-0.05, 0) is 42.5 Å². The predicted molar refractivity (Wildman–Crippen MR) is 95.8 cm³/mol. The van der Waals surface area contributed by atoms with Crippen LogP contribution in [0.4, 0.5) is 18.9 Å². The highest BCUT2D eigenvalue weighted by atomic mass is 32.2. The minimum atomic E-state index is -4.68. The van der Waals surface area contributed by atoms with Crippen LogP contribution in [0.5, 0.6) is 0 Å². The molecule has 1 N–H and O–H groups in total. The molecular formula is C19H14F3N3OS. The van der Waals surface area contributed by atoms with Crippen molar-refractivity contribution in [2.45, 2.75) is 18.0 Å². The molecule has 0 fully saturated rings. The molecule has 0 aliphatic carbocycles. The molecule has 0 saturated heterocycles. The topological polar surface area (TPSA) is 76.7 Å². The van der Waals surface area contributed by atoms with Gasteiger partial charge >= 0.3 is 6.18 Å². The molecule has 0 aromatic heterocycles. The Kier molecular flexibility index (Phi) is 6.49. The Morgan fingerprint density at radius 2 is 1.81 bits per heavy atom. The summed E-state index contributed by atoms with van der Waals surface area (Å²) in [6, 6.07) is 13.5. The minimum absolute atomic E-state index is 0.0125. The molecule has 2 aromatic carbocycles. The van der Waals surface area contributed by atoms with Gasteiger partial charge in [-0.1, -0.05) is 6.92 Å². The first-order valence-electron chi connectivity index (χ1n) is 7.79. The van der Waals surface area contributed by atoms with Crippen molar-refractivity contribution in [1.29, 1.82) is 10.5 Å². The first-order valence-corrected chi connectivity index (χ1v) is 8.78. The number of nitriles is 2. The maximum absolute atomic E-state index is 13.0. The van der Waals surface area contributed by atoms with Gasteiger partial charge in [-0.25, -0.2) is 0 Å². The fourth-order valence-electron chi connectivity index (χ4n) is 2.14. The van der Waals surface area contributed by atoms with Gasteiger partial charge < -0.3 is 5.32 Å². The van der Waals surface area contributed by atoms with Gasteiger partial charge in [0.15, 0.2) is 0 Å². The average molecular weight is 389 g/mol. The van der Waals surface area contributed by atoms with Gasteiger partial charge in [0.1, 0.15) is 0 Å². The van der Waals surface area contributed by atoms with Crippen molar-refractivity contribution >= 4 is 23.4 Å². The van der Waals surface area contributed by atoms with Crippen LogP contribution in [-0.4, -0.2) is 11.7 Å². The largest absolute Gasteiger partial charge is 0.417 e. The van der Waals surface area contributed by atoms with Crippen molar-refractivity contribution in [1.82, 2.24) is 0 Å². The lowest BCUT2D eigenvalue weighted by atomic mass is 10.1. The maximum atomic E-state index is 13.0. The molecule has 0 bridgehead atoms. The zero-order chi connectivity index (χ0) is 20.0. The first-order chi connectivity index (χ1) is 12.7. The average Bonchev–Trinajstić information content (AvgIpc) is 2.65. The molecule has 138 valence electrons. The Morgan fingerprint density at radius 3 is 2.37 bits per heavy atom. The molecule has 1 atom stereocenters. The van der Waals surface area contributed by atoms with E-state index in [1.165, 1.54) is 23.9 Å². The van der Waals surface area contributed by atoms with Gasteiger partial charge in [0.05, 0.1) is 28.8 Å². The van der Waals surface area contributed by atoms with Crippen LogP contribution >= 0.6 is 11.8 Å². The number of thioether (sulfide) groups is 1. The summed E-state index contributed by atoms with van der Waals surface area (Å²) in [6.07, 6.45) is -4.68. The lowest BCUT2D eigenvalue weighted by Crippen LogP contribution is -2.22. The molecule has 0 aliphatic heterocycles. The van der Waals surface area contributed by atoms with Crippen molar-refractivity contribution in [2.24, 2.45) is 5.92 Å². The molecule has 8 heteroatoms. The van der Waals surface area contributed by atoms with Gasteiger partial charge in [-0.15, -0.1) is 11.8 Å². The van der Waals surface area contributed by atoms with Crippen LogP contribution in [0, 0.1) is 28.6 Å². The number of nitrogens with zero attached hydrogens (tertiary/aromatic N) is 2. The summed E-state index contributed by atoms with van der Waals surface area (Å²) >= 11 is 1.41. The number of hydrogen-bond donors (Lipinski definition) is 1. The quantitative estimate of drug-likeness (QED) is 0.744. The number of halogens is 3. The first kappa shape index (κ1) is 20.3. The summed E-state index contributed by atoms with van der Waals surface area (Å²) in [6.45, 7) is 1.67. The van der Waals surface area contributed by atoms with Crippen molar-refractivity contribution in [3.05, 3.63) is 59.2 Å². The van der Waals surface area contributed by atoms with Crippen LogP contribution in [0.3, 0.4) is 0 Å². The van der Waals surface area contributed by atoms with E-state index in [1.807, 2.05) is 6.07 Å². The maximum Gasteiger partial charge on any atom is 0.417 e. The molecule has 0 heterocycles. The number of hydrogen-bond acceptors (Lipinski definition) is 4. The van der Waals surface area contributed by atoms with E-state index in [9.17, 15) is 18.0 Å². The van der Waals surface area contributed by atoms with E-state index in [4.69, 9.17) is 10.5 Å². The van der Waals surface area contributed by atoms with Crippen molar-refractivity contribution in [3.8, 4) is 12.1 Å². The molecule has 0 saturated carbocycles. The normalized spacial score (nSPS) is 11.9. The van der Waals surface area contributed by atoms with Gasteiger partial charge in [0, 0.05) is 22.3 Å². The summed E-state index contributed by atoms with van der Waals surface area (Å²) in [5.41, 5.74) is -1.06. The molecule has 2 rings (SSSR count). The van der Waals surface area contributed by atoms with Gasteiger partial charge in [0.25, 0.3) is 0 Å². The Hall–Kier alpha value is -2.97. The molecular weight excluding hydrogens is 375 g/mol. The Balaban J connectivity index is 2.01. The summed E-state index contributed by atoms with van der Waals surface area (Å²) in [5, 5.41) is 20.0. The highest BCUT2D eigenvalue weighted by Crippen LogP contribution is 2.33. The highest BCUT2D eigenvalue weighted by Gasteiger charge is 2.34. The van der Waals surface area contributed by atoms with Crippen molar-refractivity contribution in [2.75, 3.05) is 11.1 Å². The monoisotopic (exact) mass is 389 g/mol. The smallest absolute Gasteiger partial charge is 0.326 e. The molecule has 4 nitrogen and oxygen atoms in total. The second kappa shape index (κ2) is 8.61. The third kappa shape index (κ3) is 5.50. The SMILES string of the molecule is CC(CSc1ccc(C#N)cc1)C(=O)Nc1ccc(C#N)c(C(F)(F)F)c1. The number of rotatable bonds is 5. The Bertz CT molecular complexity index is 912. The molecule has 1 unspecified atom stereocenters. The highest BCUT2D eigenvalue weighted by molar-refractivity contribution is 7.99. The lowest BCUT2D eigenvalue weighted by molar-refractivity contribution is -0.137. The van der Waals surface area contributed by atoms with E-state index in [1.54, 1.807) is 31.2 Å². The van der Waals surface area contributed by atoms with Gasteiger partial charge in [-0.2, -0.15) is 23.7 Å². The fraction of sp³-hybridized carbons (Fsp3) is 0.211. The van der Waals surface area contributed by atoms with Gasteiger partial charge in [-0.3, -0.25) is 4.79 Å². The standard InChI is InChI=1S/C19H14F3N3OS/c1-12(11-27-16-6-2-13(9-23)3-7-16)18(26)25-15-5-4-14(10-24)17(8-15)19(20,21)22/h2-8,12H,11H2,1H3,(H,25,26). The van der Waals surface area contributed by atoms with Crippen molar-refractivity contribution in [3.63, 3.8) is 0 Å². The minimum Gasteiger partial charge on any atom is -0.326 e. The van der Waals surface area contributed by atoms with E-state index in [-0.39, 0.29) is 5.69 Å². The molecule has 1 amide bonds. The zero-order valence-corrected chi connectivity index (χ0v) is 15.0. The van der Waals surface area contributed by atoms with E-state index in [0.29, 0.717) is 11.3 Å². The molecule has 27 heavy (non-hydrogen) atoms. The fourth-order valence-corrected chi connectivity index (χ4v) is 3.06. The van der Waals surface area contributed by atoms with Crippen LogP contribution in [-0.2, 0) is 11.0 Å². The third-order valence-corrected chi connectivity index (χ3v) is 4.92. The molecule has 2 aromatic rings. The second-order valence-electron chi connectivity index (χ2n) is 5.71. The lowest BCUT2D eigenvalue weighted by Gasteiger charge is -2.14. The van der Waals surface area contributed by atoms with Crippen LogP contribution in [0.2, 0.25) is 0 Å². The van der Waals surface area contributed by atoms with E-state index in [2.05, 4.69) is 5.32 Å². The number of carbonyl (C=O) groups excluding carboxylic acids is 1. The molecule has 0 spiro atoms.